The highest BCUT2D eigenvalue weighted by molar-refractivity contribution is 7.88. The lowest BCUT2D eigenvalue weighted by molar-refractivity contribution is 0.394. The third kappa shape index (κ3) is 6.37. The molecule has 120 valence electrons. The Morgan fingerprint density at radius 1 is 0.952 bits per heavy atom. The topological polar surface area (TPSA) is 37.4 Å². The van der Waals surface area contributed by atoms with Crippen LogP contribution in [0.3, 0.4) is 0 Å². The fourth-order valence-corrected chi connectivity index (χ4v) is 3.87. The summed E-state index contributed by atoms with van der Waals surface area (Å²) in [5.74, 6) is 0.523. The lowest BCUT2D eigenvalue weighted by atomic mass is 10.2. The van der Waals surface area contributed by atoms with Crippen molar-refractivity contribution in [2.45, 2.75) is 51.2 Å². The predicted octanol–water partition coefficient (Wildman–Crippen LogP) is 4.16. The molecule has 21 heavy (non-hydrogen) atoms. The number of hydrogen-bond acceptors (Lipinski definition) is 2. The first kappa shape index (κ1) is 18.5. The number of rotatable bonds is 10. The molecule has 0 heterocycles. The fraction of sp³-hybridized carbons (Fsp3) is 0.625. The van der Waals surface area contributed by atoms with Gasteiger partial charge in [0.05, 0.1) is 5.75 Å². The Kier molecular flexibility index (Phi) is 8.30. The van der Waals surface area contributed by atoms with Gasteiger partial charge in [0.15, 0.2) is 0 Å². The largest absolute Gasteiger partial charge is 0.218 e. The molecular formula is C16H26ClNO2S. The number of benzene rings is 1. The van der Waals surface area contributed by atoms with Gasteiger partial charge in [-0.3, -0.25) is 0 Å². The van der Waals surface area contributed by atoms with E-state index in [2.05, 4.69) is 13.8 Å². The quantitative estimate of drug-likeness (QED) is 0.604. The SMILES string of the molecule is CCCCN(CCCC)S(=O)(=O)Cc1ccc(CCl)cc1. The Hall–Kier alpha value is -0.580. The third-order valence-corrected chi connectivity index (χ3v) is 5.60. The second-order valence-corrected chi connectivity index (χ2v) is 7.55. The number of alkyl halides is 1. The molecule has 0 amide bonds. The first-order chi connectivity index (χ1) is 10.0. The molecule has 0 aliphatic carbocycles. The Morgan fingerprint density at radius 2 is 1.43 bits per heavy atom. The molecular weight excluding hydrogens is 306 g/mol. The van der Waals surface area contributed by atoms with Gasteiger partial charge in [-0.25, -0.2) is 12.7 Å². The summed E-state index contributed by atoms with van der Waals surface area (Å²) in [6.07, 6.45) is 3.83. The van der Waals surface area contributed by atoms with E-state index in [1.165, 1.54) is 0 Å². The van der Waals surface area contributed by atoms with Gasteiger partial charge in [0, 0.05) is 19.0 Å². The van der Waals surface area contributed by atoms with E-state index in [9.17, 15) is 8.42 Å². The maximum absolute atomic E-state index is 12.6. The standard InChI is InChI=1S/C16H26ClNO2S/c1-3-5-11-18(12-6-4-2)21(19,20)14-16-9-7-15(13-17)8-10-16/h7-10H,3-6,11-14H2,1-2H3. The van der Waals surface area contributed by atoms with Crippen molar-refractivity contribution in [2.75, 3.05) is 13.1 Å². The van der Waals surface area contributed by atoms with E-state index >= 15 is 0 Å². The molecule has 0 radical (unpaired) electrons. The molecule has 0 spiro atoms. The number of sulfonamides is 1. The molecule has 0 saturated carbocycles. The van der Waals surface area contributed by atoms with Crippen LogP contribution in [0.4, 0.5) is 0 Å². The minimum atomic E-state index is -3.24. The zero-order chi connectivity index (χ0) is 15.7. The van der Waals surface area contributed by atoms with Crippen LogP contribution in [0.2, 0.25) is 0 Å². The van der Waals surface area contributed by atoms with Crippen LogP contribution in [-0.2, 0) is 21.7 Å². The molecule has 3 nitrogen and oxygen atoms in total. The van der Waals surface area contributed by atoms with Crippen LogP contribution < -0.4 is 0 Å². The van der Waals surface area contributed by atoms with Crippen molar-refractivity contribution in [2.24, 2.45) is 0 Å². The van der Waals surface area contributed by atoms with Crippen molar-refractivity contribution in [1.82, 2.24) is 4.31 Å². The van der Waals surface area contributed by atoms with Gasteiger partial charge < -0.3 is 0 Å². The van der Waals surface area contributed by atoms with Gasteiger partial charge in [-0.15, -0.1) is 11.6 Å². The Morgan fingerprint density at radius 3 is 1.86 bits per heavy atom. The number of unbranched alkanes of at least 4 members (excludes halogenated alkanes) is 2. The molecule has 1 rings (SSSR count). The summed E-state index contributed by atoms with van der Waals surface area (Å²) in [7, 11) is -3.24. The molecule has 0 atom stereocenters. The molecule has 0 N–H and O–H groups in total. The Labute approximate surface area is 134 Å². The highest BCUT2D eigenvalue weighted by Gasteiger charge is 2.21. The average molecular weight is 332 g/mol. The minimum Gasteiger partial charge on any atom is -0.212 e. The molecule has 0 bridgehead atoms. The van der Waals surface area contributed by atoms with Gasteiger partial charge in [0.25, 0.3) is 0 Å². The van der Waals surface area contributed by atoms with Gasteiger partial charge >= 0.3 is 0 Å². The van der Waals surface area contributed by atoms with Crippen LogP contribution in [-0.4, -0.2) is 25.8 Å². The van der Waals surface area contributed by atoms with Crippen molar-refractivity contribution < 1.29 is 8.42 Å². The highest BCUT2D eigenvalue weighted by Crippen LogP contribution is 2.14. The summed E-state index contributed by atoms with van der Waals surface area (Å²) in [5, 5.41) is 0. The summed E-state index contributed by atoms with van der Waals surface area (Å²) in [6, 6.07) is 7.49. The van der Waals surface area contributed by atoms with Gasteiger partial charge in [0.2, 0.25) is 10.0 Å². The summed E-state index contributed by atoms with van der Waals surface area (Å²) in [6.45, 7) is 5.40. The zero-order valence-corrected chi connectivity index (χ0v) is 14.6. The molecule has 1 aromatic rings. The lowest BCUT2D eigenvalue weighted by Gasteiger charge is -2.22. The number of hydrogen-bond donors (Lipinski definition) is 0. The summed E-state index contributed by atoms with van der Waals surface area (Å²) >= 11 is 5.75. The van der Waals surface area contributed by atoms with Crippen LogP contribution in [0.1, 0.15) is 50.7 Å². The lowest BCUT2D eigenvalue weighted by Crippen LogP contribution is -2.34. The number of nitrogens with zero attached hydrogens (tertiary/aromatic N) is 1. The van der Waals surface area contributed by atoms with Crippen LogP contribution in [0.25, 0.3) is 0 Å². The zero-order valence-electron chi connectivity index (χ0n) is 13.0. The summed E-state index contributed by atoms with van der Waals surface area (Å²) < 4.78 is 26.8. The highest BCUT2D eigenvalue weighted by atomic mass is 35.5. The molecule has 0 aliphatic rings. The fourth-order valence-electron chi connectivity index (χ4n) is 2.09. The number of halogens is 1. The average Bonchev–Trinajstić information content (AvgIpc) is 2.47. The van der Waals surface area contributed by atoms with Crippen LogP contribution >= 0.6 is 11.6 Å². The first-order valence-corrected chi connectivity index (χ1v) is 9.79. The van der Waals surface area contributed by atoms with E-state index in [0.717, 1.165) is 36.8 Å². The van der Waals surface area contributed by atoms with E-state index in [1.807, 2.05) is 24.3 Å². The van der Waals surface area contributed by atoms with Crippen molar-refractivity contribution in [3.05, 3.63) is 35.4 Å². The molecule has 5 heteroatoms. The Balaban J connectivity index is 2.77. The van der Waals surface area contributed by atoms with Gasteiger partial charge in [-0.2, -0.15) is 0 Å². The molecule has 0 saturated heterocycles. The van der Waals surface area contributed by atoms with Crippen molar-refractivity contribution >= 4 is 21.6 Å². The maximum atomic E-state index is 12.6. The normalized spacial score (nSPS) is 12.0. The van der Waals surface area contributed by atoms with Crippen LogP contribution in [0, 0.1) is 0 Å². The summed E-state index contributed by atoms with van der Waals surface area (Å²) in [5.41, 5.74) is 1.83. The van der Waals surface area contributed by atoms with E-state index < -0.39 is 10.0 Å². The van der Waals surface area contributed by atoms with E-state index in [4.69, 9.17) is 11.6 Å². The van der Waals surface area contributed by atoms with Crippen molar-refractivity contribution in [3.63, 3.8) is 0 Å². The predicted molar refractivity (Wildman–Crippen MR) is 90.0 cm³/mol. The molecule has 0 aliphatic heterocycles. The summed E-state index contributed by atoms with van der Waals surface area (Å²) in [4.78, 5) is 0. The molecule has 1 aromatic carbocycles. The van der Waals surface area contributed by atoms with Crippen LogP contribution in [0.5, 0.6) is 0 Å². The first-order valence-electron chi connectivity index (χ1n) is 7.65. The monoisotopic (exact) mass is 331 g/mol. The third-order valence-electron chi connectivity index (χ3n) is 3.44. The second kappa shape index (κ2) is 9.44. The van der Waals surface area contributed by atoms with E-state index in [1.54, 1.807) is 4.31 Å². The van der Waals surface area contributed by atoms with Gasteiger partial charge in [0.1, 0.15) is 0 Å². The van der Waals surface area contributed by atoms with Gasteiger partial charge in [-0.05, 0) is 24.0 Å². The van der Waals surface area contributed by atoms with E-state index in [-0.39, 0.29) is 5.75 Å². The molecule has 0 unspecified atom stereocenters. The smallest absolute Gasteiger partial charge is 0.212 e. The minimum absolute atomic E-state index is 0.0724. The maximum Gasteiger partial charge on any atom is 0.218 e. The van der Waals surface area contributed by atoms with Crippen molar-refractivity contribution in [1.29, 1.82) is 0 Å². The second-order valence-electron chi connectivity index (χ2n) is 5.31. The molecule has 0 fully saturated rings. The van der Waals surface area contributed by atoms with Crippen LogP contribution in [0.15, 0.2) is 24.3 Å². The molecule has 0 aromatic heterocycles. The van der Waals surface area contributed by atoms with Gasteiger partial charge in [-0.1, -0.05) is 51.0 Å². The van der Waals surface area contributed by atoms with Crippen molar-refractivity contribution in [3.8, 4) is 0 Å². The Bertz CT molecular complexity index is 492. The van der Waals surface area contributed by atoms with E-state index in [0.29, 0.717) is 19.0 Å².